The summed E-state index contributed by atoms with van der Waals surface area (Å²) in [5.74, 6) is 0.780. The largest absolute Gasteiger partial charge is 0.508 e. The van der Waals surface area contributed by atoms with Gasteiger partial charge in [0.25, 0.3) is 0 Å². The van der Waals surface area contributed by atoms with Gasteiger partial charge in [-0.05, 0) is 47.4 Å². The third-order valence-electron chi connectivity index (χ3n) is 4.12. The van der Waals surface area contributed by atoms with E-state index < -0.39 is 0 Å². The van der Waals surface area contributed by atoms with E-state index in [0.717, 1.165) is 39.9 Å². The molecule has 25 heavy (non-hydrogen) atoms. The van der Waals surface area contributed by atoms with E-state index in [0.29, 0.717) is 5.82 Å². The number of hydrogen-bond donors (Lipinski definition) is 3. The Morgan fingerprint density at radius 1 is 1.12 bits per heavy atom. The first kappa shape index (κ1) is 17.2. The molecular formula is C20H21N3OS. The van der Waals surface area contributed by atoms with Crippen LogP contribution in [0.15, 0.2) is 54.7 Å². The average Bonchev–Trinajstić information content (AvgIpc) is 2.62. The van der Waals surface area contributed by atoms with Crippen molar-refractivity contribution in [3.8, 4) is 28.0 Å². The predicted molar refractivity (Wildman–Crippen MR) is 108 cm³/mol. The van der Waals surface area contributed by atoms with E-state index in [2.05, 4.69) is 28.8 Å². The normalized spacial score (nSPS) is 10.6. The Balaban J connectivity index is 2.18. The molecule has 128 valence electrons. The number of aromatic hydroxyl groups is 1. The molecule has 0 bridgehead atoms. The van der Waals surface area contributed by atoms with Crippen LogP contribution in [0.3, 0.4) is 0 Å². The molecule has 0 aliphatic carbocycles. The zero-order valence-corrected chi connectivity index (χ0v) is 15.1. The number of rotatable bonds is 5. The van der Waals surface area contributed by atoms with Crippen molar-refractivity contribution in [3.63, 3.8) is 0 Å². The van der Waals surface area contributed by atoms with Crippen LogP contribution in [-0.4, -0.2) is 16.3 Å². The third kappa shape index (κ3) is 3.56. The third-order valence-corrected chi connectivity index (χ3v) is 4.56. The van der Waals surface area contributed by atoms with E-state index in [1.54, 1.807) is 24.1 Å². The summed E-state index contributed by atoms with van der Waals surface area (Å²) in [4.78, 5) is 4.43. The smallest absolute Gasteiger partial charge is 0.131 e. The molecular weight excluding hydrogens is 330 g/mol. The minimum absolute atomic E-state index is 0.251. The fourth-order valence-corrected chi connectivity index (χ4v) is 3.36. The zero-order chi connectivity index (χ0) is 17.8. The standard InChI is InChI=1S/C20H21N3OS/c1-3-17-18(13-7-9-16(24)10-8-13)12-22-20(21)19(17)14-5-4-6-15(11-14)23-25-2/h4-12,23-24H,3H2,1-2H3,(H2,21,22). The Labute approximate surface area is 152 Å². The Kier molecular flexibility index (Phi) is 5.14. The molecule has 0 amide bonds. The van der Waals surface area contributed by atoms with Crippen molar-refractivity contribution in [1.82, 2.24) is 4.98 Å². The number of pyridine rings is 1. The van der Waals surface area contributed by atoms with Crippen molar-refractivity contribution in [2.45, 2.75) is 13.3 Å². The maximum Gasteiger partial charge on any atom is 0.131 e. The number of aromatic nitrogens is 1. The quantitative estimate of drug-likeness (QED) is 0.567. The van der Waals surface area contributed by atoms with Crippen LogP contribution >= 0.6 is 11.9 Å². The topological polar surface area (TPSA) is 71.2 Å². The first-order valence-corrected chi connectivity index (χ1v) is 9.32. The molecule has 0 saturated carbocycles. The van der Waals surface area contributed by atoms with Crippen molar-refractivity contribution in [3.05, 3.63) is 60.3 Å². The Morgan fingerprint density at radius 3 is 2.56 bits per heavy atom. The van der Waals surface area contributed by atoms with Crippen molar-refractivity contribution < 1.29 is 5.11 Å². The van der Waals surface area contributed by atoms with Crippen molar-refractivity contribution in [2.75, 3.05) is 16.7 Å². The summed E-state index contributed by atoms with van der Waals surface area (Å²) in [6.45, 7) is 2.12. The number of anilines is 2. The van der Waals surface area contributed by atoms with Crippen LogP contribution < -0.4 is 10.5 Å². The molecule has 0 aliphatic rings. The summed E-state index contributed by atoms with van der Waals surface area (Å²) in [6, 6.07) is 15.4. The van der Waals surface area contributed by atoms with Crippen molar-refractivity contribution >= 4 is 23.5 Å². The lowest BCUT2D eigenvalue weighted by Crippen LogP contribution is -2.01. The molecule has 0 unspecified atom stereocenters. The molecule has 0 radical (unpaired) electrons. The van der Waals surface area contributed by atoms with E-state index in [9.17, 15) is 5.11 Å². The zero-order valence-electron chi connectivity index (χ0n) is 14.3. The highest BCUT2D eigenvalue weighted by Gasteiger charge is 2.15. The second-order valence-corrected chi connectivity index (χ2v) is 6.31. The van der Waals surface area contributed by atoms with Crippen LogP contribution in [0.1, 0.15) is 12.5 Å². The number of nitrogen functional groups attached to an aromatic ring is 1. The van der Waals surface area contributed by atoms with Gasteiger partial charge in [0.2, 0.25) is 0 Å². The molecule has 2 aromatic carbocycles. The summed E-state index contributed by atoms with van der Waals surface area (Å²) in [5.41, 5.74) is 12.5. The van der Waals surface area contributed by atoms with Gasteiger partial charge in [-0.2, -0.15) is 0 Å². The average molecular weight is 351 g/mol. The van der Waals surface area contributed by atoms with Gasteiger partial charge < -0.3 is 15.6 Å². The van der Waals surface area contributed by atoms with Crippen LogP contribution in [0, 0.1) is 0 Å². The second kappa shape index (κ2) is 7.49. The first-order chi connectivity index (χ1) is 12.1. The lowest BCUT2D eigenvalue weighted by molar-refractivity contribution is 0.475. The van der Waals surface area contributed by atoms with Gasteiger partial charge in [-0.3, -0.25) is 0 Å². The number of nitrogens with one attached hydrogen (secondary N) is 1. The van der Waals surface area contributed by atoms with E-state index in [4.69, 9.17) is 5.73 Å². The van der Waals surface area contributed by atoms with Crippen LogP contribution in [-0.2, 0) is 6.42 Å². The minimum atomic E-state index is 0.251. The first-order valence-electron chi connectivity index (χ1n) is 8.10. The van der Waals surface area contributed by atoms with Crippen LogP contribution in [0.25, 0.3) is 22.3 Å². The van der Waals surface area contributed by atoms with Crippen LogP contribution in [0.5, 0.6) is 5.75 Å². The molecule has 0 aliphatic heterocycles. The second-order valence-electron chi connectivity index (χ2n) is 5.70. The Morgan fingerprint density at radius 2 is 1.88 bits per heavy atom. The van der Waals surface area contributed by atoms with Gasteiger partial charge in [0, 0.05) is 29.3 Å². The predicted octanol–water partition coefficient (Wildman–Crippen LogP) is 4.96. The van der Waals surface area contributed by atoms with Gasteiger partial charge in [-0.1, -0.05) is 43.1 Å². The number of phenols is 1. The molecule has 1 heterocycles. The monoisotopic (exact) mass is 351 g/mol. The molecule has 0 saturated heterocycles. The highest BCUT2D eigenvalue weighted by molar-refractivity contribution is 7.99. The van der Waals surface area contributed by atoms with Gasteiger partial charge in [-0.15, -0.1) is 0 Å². The van der Waals surface area contributed by atoms with E-state index in [1.807, 2.05) is 36.7 Å². The van der Waals surface area contributed by atoms with E-state index in [1.165, 1.54) is 0 Å². The summed E-state index contributed by atoms with van der Waals surface area (Å²) < 4.78 is 3.25. The number of nitrogens with two attached hydrogens (primary N) is 1. The maximum atomic E-state index is 9.54. The van der Waals surface area contributed by atoms with Crippen LogP contribution in [0.2, 0.25) is 0 Å². The molecule has 0 fully saturated rings. The molecule has 5 heteroatoms. The lowest BCUT2D eigenvalue weighted by atomic mass is 9.92. The van der Waals surface area contributed by atoms with E-state index in [-0.39, 0.29) is 5.75 Å². The minimum Gasteiger partial charge on any atom is -0.508 e. The number of nitrogens with zero attached hydrogens (tertiary/aromatic N) is 1. The number of benzene rings is 2. The number of phenolic OH excluding ortho intramolecular Hbond substituents is 1. The fraction of sp³-hybridized carbons (Fsp3) is 0.150. The number of hydrogen-bond acceptors (Lipinski definition) is 5. The summed E-state index contributed by atoms with van der Waals surface area (Å²) in [5, 5.41) is 9.54. The van der Waals surface area contributed by atoms with Gasteiger partial charge >= 0.3 is 0 Å². The Hall–Kier alpha value is -2.66. The van der Waals surface area contributed by atoms with Crippen LogP contribution in [0.4, 0.5) is 11.5 Å². The molecule has 0 spiro atoms. The van der Waals surface area contributed by atoms with Gasteiger partial charge in [0.1, 0.15) is 11.6 Å². The Bertz CT molecular complexity index is 879. The summed E-state index contributed by atoms with van der Waals surface area (Å²) in [7, 11) is 0. The molecule has 3 rings (SSSR count). The van der Waals surface area contributed by atoms with Gasteiger partial charge in [0.05, 0.1) is 0 Å². The fourth-order valence-electron chi connectivity index (χ4n) is 3.00. The molecule has 4 nitrogen and oxygen atoms in total. The highest BCUT2D eigenvalue weighted by Crippen LogP contribution is 2.37. The van der Waals surface area contributed by atoms with Crippen molar-refractivity contribution in [2.24, 2.45) is 0 Å². The van der Waals surface area contributed by atoms with Crippen molar-refractivity contribution in [1.29, 1.82) is 0 Å². The summed E-state index contributed by atoms with van der Waals surface area (Å²) >= 11 is 1.55. The SMILES string of the molecule is CCc1c(-c2ccc(O)cc2)cnc(N)c1-c1cccc(NSC)c1. The molecule has 3 aromatic rings. The summed E-state index contributed by atoms with van der Waals surface area (Å²) in [6.07, 6.45) is 4.64. The van der Waals surface area contributed by atoms with E-state index >= 15 is 0 Å². The van der Waals surface area contributed by atoms with Gasteiger partial charge in [0.15, 0.2) is 0 Å². The molecule has 0 atom stereocenters. The van der Waals surface area contributed by atoms with Gasteiger partial charge in [-0.25, -0.2) is 4.98 Å². The molecule has 1 aromatic heterocycles. The lowest BCUT2D eigenvalue weighted by Gasteiger charge is -2.16. The highest BCUT2D eigenvalue weighted by atomic mass is 32.2. The maximum absolute atomic E-state index is 9.54. The molecule has 4 N–H and O–H groups in total.